The average Bonchev–Trinajstić information content (AvgIpc) is 2.55. The summed E-state index contributed by atoms with van der Waals surface area (Å²) in [6, 6.07) is 0. The van der Waals surface area contributed by atoms with E-state index in [4.69, 9.17) is 5.73 Å². The number of aliphatic hydroxyl groups excluding tert-OH is 1. The van der Waals surface area contributed by atoms with E-state index in [1.165, 1.54) is 0 Å². The monoisotopic (exact) mass is 275 g/mol. The Morgan fingerprint density at radius 1 is 1.53 bits per heavy atom. The zero-order valence-electron chi connectivity index (χ0n) is 9.20. The van der Waals surface area contributed by atoms with Crippen LogP contribution in [0.2, 0.25) is 0 Å². The number of halogens is 1. The molecule has 3 N–H and O–H groups in total. The molecule has 0 amide bonds. The van der Waals surface area contributed by atoms with Crippen molar-refractivity contribution in [1.29, 1.82) is 0 Å². The van der Waals surface area contributed by atoms with Gasteiger partial charge >= 0.3 is 0 Å². The first-order chi connectivity index (χ1) is 7.13. The lowest BCUT2D eigenvalue weighted by Gasteiger charge is -2.09. The molecule has 1 atom stereocenters. The fraction of sp³-hybridized carbons (Fsp3) is 0.700. The minimum Gasteiger partial charge on any atom is -0.391 e. The van der Waals surface area contributed by atoms with Gasteiger partial charge in [-0.05, 0) is 29.3 Å². The topological polar surface area (TPSA) is 64.1 Å². The van der Waals surface area contributed by atoms with E-state index in [1.54, 1.807) is 0 Å². The summed E-state index contributed by atoms with van der Waals surface area (Å²) >= 11 is 3.53. The Balaban J connectivity index is 2.97. The number of hydrogen-bond donors (Lipinski definition) is 2. The van der Waals surface area contributed by atoms with Crippen molar-refractivity contribution in [2.24, 2.45) is 5.73 Å². The van der Waals surface area contributed by atoms with Crippen molar-refractivity contribution in [1.82, 2.24) is 9.78 Å². The van der Waals surface area contributed by atoms with Gasteiger partial charge in [0, 0.05) is 19.5 Å². The summed E-state index contributed by atoms with van der Waals surface area (Å²) in [5.74, 6) is 0. The Bertz CT molecular complexity index is 325. The van der Waals surface area contributed by atoms with Crippen LogP contribution in [0.15, 0.2) is 4.47 Å². The fourth-order valence-electron chi connectivity index (χ4n) is 1.52. The first kappa shape index (κ1) is 12.7. The van der Waals surface area contributed by atoms with Gasteiger partial charge in [-0.25, -0.2) is 0 Å². The van der Waals surface area contributed by atoms with Gasteiger partial charge in [-0.1, -0.05) is 6.92 Å². The van der Waals surface area contributed by atoms with Crippen molar-refractivity contribution in [3.63, 3.8) is 0 Å². The number of rotatable bonds is 5. The molecule has 0 aromatic carbocycles. The third-order valence-corrected chi connectivity index (χ3v) is 3.31. The first-order valence-electron chi connectivity index (χ1n) is 5.26. The highest BCUT2D eigenvalue weighted by atomic mass is 79.9. The lowest BCUT2D eigenvalue weighted by atomic mass is 10.2. The SMILES string of the molecule is CCc1nn(CC)c(CC(O)CN)c1Br. The van der Waals surface area contributed by atoms with Crippen molar-refractivity contribution < 1.29 is 5.11 Å². The Labute approximate surface area is 98.6 Å². The van der Waals surface area contributed by atoms with Gasteiger partial charge in [0.2, 0.25) is 0 Å². The normalized spacial score (nSPS) is 13.1. The van der Waals surface area contributed by atoms with Crippen molar-refractivity contribution in [2.75, 3.05) is 6.54 Å². The maximum Gasteiger partial charge on any atom is 0.0766 e. The van der Waals surface area contributed by atoms with E-state index in [9.17, 15) is 5.11 Å². The first-order valence-corrected chi connectivity index (χ1v) is 6.05. The number of hydrogen-bond acceptors (Lipinski definition) is 3. The van der Waals surface area contributed by atoms with Gasteiger partial charge in [0.05, 0.1) is 22.0 Å². The van der Waals surface area contributed by atoms with E-state index in [0.29, 0.717) is 6.42 Å². The molecule has 0 aliphatic rings. The summed E-state index contributed by atoms with van der Waals surface area (Å²) in [6.45, 7) is 5.20. The Hall–Kier alpha value is -0.390. The van der Waals surface area contributed by atoms with Gasteiger partial charge in [-0.2, -0.15) is 5.10 Å². The van der Waals surface area contributed by atoms with E-state index in [0.717, 1.165) is 28.8 Å². The molecule has 0 saturated carbocycles. The van der Waals surface area contributed by atoms with Crippen LogP contribution in [0, 0.1) is 0 Å². The Morgan fingerprint density at radius 3 is 2.67 bits per heavy atom. The second-order valence-corrected chi connectivity index (χ2v) is 4.26. The summed E-state index contributed by atoms with van der Waals surface area (Å²) in [4.78, 5) is 0. The van der Waals surface area contributed by atoms with E-state index >= 15 is 0 Å². The molecule has 1 aromatic rings. The third kappa shape index (κ3) is 2.80. The van der Waals surface area contributed by atoms with Crippen LogP contribution < -0.4 is 5.73 Å². The number of nitrogens with two attached hydrogens (primary N) is 1. The van der Waals surface area contributed by atoms with Crippen LogP contribution in [0.3, 0.4) is 0 Å². The number of aromatic nitrogens is 2. The molecule has 1 rings (SSSR count). The van der Waals surface area contributed by atoms with Crippen molar-refractivity contribution in [2.45, 2.75) is 39.3 Å². The highest BCUT2D eigenvalue weighted by Gasteiger charge is 2.16. The maximum atomic E-state index is 9.55. The predicted molar refractivity (Wildman–Crippen MR) is 63.7 cm³/mol. The van der Waals surface area contributed by atoms with Crippen LogP contribution in [-0.2, 0) is 19.4 Å². The number of nitrogens with zero attached hydrogens (tertiary/aromatic N) is 2. The quantitative estimate of drug-likeness (QED) is 0.846. The third-order valence-electron chi connectivity index (χ3n) is 2.40. The van der Waals surface area contributed by atoms with Crippen LogP contribution in [-0.4, -0.2) is 27.5 Å². The fourth-order valence-corrected chi connectivity index (χ4v) is 2.25. The standard InChI is InChI=1S/C10H18BrN3O/c1-3-8-10(11)9(5-7(15)6-12)14(4-2)13-8/h7,15H,3-6,12H2,1-2H3. The van der Waals surface area contributed by atoms with E-state index in [1.807, 2.05) is 11.6 Å². The van der Waals surface area contributed by atoms with Gasteiger partial charge < -0.3 is 10.8 Å². The number of aryl methyl sites for hydroxylation is 2. The summed E-state index contributed by atoms with van der Waals surface area (Å²) in [5, 5.41) is 14.0. The van der Waals surface area contributed by atoms with Crippen molar-refractivity contribution in [3.8, 4) is 0 Å². The molecular formula is C10H18BrN3O. The summed E-state index contributed by atoms with van der Waals surface area (Å²) in [6.07, 6.45) is 0.949. The highest BCUT2D eigenvalue weighted by molar-refractivity contribution is 9.10. The van der Waals surface area contributed by atoms with Gasteiger partial charge in [0.15, 0.2) is 0 Å². The van der Waals surface area contributed by atoms with Gasteiger partial charge in [-0.3, -0.25) is 4.68 Å². The van der Waals surface area contributed by atoms with Gasteiger partial charge in [0.25, 0.3) is 0 Å². The average molecular weight is 276 g/mol. The lowest BCUT2D eigenvalue weighted by molar-refractivity contribution is 0.180. The van der Waals surface area contributed by atoms with E-state index in [-0.39, 0.29) is 6.54 Å². The van der Waals surface area contributed by atoms with Crippen molar-refractivity contribution >= 4 is 15.9 Å². The minimum atomic E-state index is -0.493. The molecule has 0 radical (unpaired) electrons. The van der Waals surface area contributed by atoms with Gasteiger partial charge in [-0.15, -0.1) is 0 Å². The van der Waals surface area contributed by atoms with Gasteiger partial charge in [0.1, 0.15) is 0 Å². The van der Waals surface area contributed by atoms with Crippen LogP contribution in [0.25, 0.3) is 0 Å². The predicted octanol–water partition coefficient (Wildman–Crippen LogP) is 1.09. The Kier molecular flexibility index (Phi) is 4.76. The van der Waals surface area contributed by atoms with Crippen LogP contribution in [0.4, 0.5) is 0 Å². The molecule has 0 spiro atoms. The van der Waals surface area contributed by atoms with Crippen LogP contribution >= 0.6 is 15.9 Å². The van der Waals surface area contributed by atoms with E-state index in [2.05, 4.69) is 28.0 Å². The molecule has 15 heavy (non-hydrogen) atoms. The largest absolute Gasteiger partial charge is 0.391 e. The summed E-state index contributed by atoms with van der Waals surface area (Å²) in [7, 11) is 0. The molecule has 4 nitrogen and oxygen atoms in total. The van der Waals surface area contributed by atoms with E-state index < -0.39 is 6.10 Å². The summed E-state index contributed by atoms with van der Waals surface area (Å²) in [5.41, 5.74) is 7.48. The van der Waals surface area contributed by atoms with Crippen LogP contribution in [0.5, 0.6) is 0 Å². The molecule has 0 bridgehead atoms. The molecule has 5 heteroatoms. The molecule has 1 unspecified atom stereocenters. The molecule has 1 aromatic heterocycles. The second-order valence-electron chi connectivity index (χ2n) is 3.47. The lowest BCUT2D eigenvalue weighted by Crippen LogP contribution is -2.23. The second kappa shape index (κ2) is 5.63. The molecule has 1 heterocycles. The number of aliphatic hydroxyl groups is 1. The molecule has 0 aliphatic carbocycles. The Morgan fingerprint density at radius 2 is 2.20 bits per heavy atom. The van der Waals surface area contributed by atoms with Crippen LogP contribution in [0.1, 0.15) is 25.2 Å². The molecule has 0 fully saturated rings. The molecule has 86 valence electrons. The minimum absolute atomic E-state index is 0.281. The zero-order valence-corrected chi connectivity index (χ0v) is 10.8. The summed E-state index contributed by atoms with van der Waals surface area (Å²) < 4.78 is 2.93. The zero-order chi connectivity index (χ0) is 11.4. The molecular weight excluding hydrogens is 258 g/mol. The van der Waals surface area contributed by atoms with Crippen molar-refractivity contribution in [3.05, 3.63) is 15.9 Å². The highest BCUT2D eigenvalue weighted by Crippen LogP contribution is 2.23. The molecule has 0 aliphatic heterocycles. The molecule has 0 saturated heterocycles. The smallest absolute Gasteiger partial charge is 0.0766 e. The maximum absolute atomic E-state index is 9.55.